The van der Waals surface area contributed by atoms with E-state index in [9.17, 15) is 4.79 Å². The molecular formula is C12H17NO3. The molecule has 4 heteroatoms. The van der Waals surface area contributed by atoms with Crippen molar-refractivity contribution in [2.45, 2.75) is 13.2 Å². The molecule has 1 atom stereocenters. The smallest absolute Gasteiger partial charge is 0.332 e. The van der Waals surface area contributed by atoms with Gasteiger partial charge in [0, 0.05) is 12.2 Å². The molecule has 88 valence electrons. The van der Waals surface area contributed by atoms with Crippen molar-refractivity contribution in [2.24, 2.45) is 0 Å². The van der Waals surface area contributed by atoms with E-state index in [-0.39, 0.29) is 0 Å². The van der Waals surface area contributed by atoms with Crippen LogP contribution in [0.4, 0.5) is 0 Å². The van der Waals surface area contributed by atoms with Crippen LogP contribution in [0.15, 0.2) is 50.6 Å². The lowest BCUT2D eigenvalue weighted by atomic mass is 10.6. The van der Waals surface area contributed by atoms with E-state index >= 15 is 0 Å². The fraction of sp³-hybridized carbons (Fsp3) is 0.167. The van der Waals surface area contributed by atoms with Crippen molar-refractivity contribution in [3.8, 4) is 6.07 Å². The van der Waals surface area contributed by atoms with E-state index in [0.29, 0.717) is 0 Å². The van der Waals surface area contributed by atoms with E-state index in [0.717, 1.165) is 6.08 Å². The molecule has 0 saturated carbocycles. The lowest BCUT2D eigenvalue weighted by Crippen LogP contribution is -2.10. The number of nitriles is 1. The van der Waals surface area contributed by atoms with E-state index in [1.165, 1.54) is 13.0 Å². The summed E-state index contributed by atoms with van der Waals surface area (Å²) in [5.41, 5.74) is 0. The van der Waals surface area contributed by atoms with Crippen molar-refractivity contribution in [1.29, 1.82) is 5.26 Å². The van der Waals surface area contributed by atoms with E-state index in [1.54, 1.807) is 18.2 Å². The standard InChI is InChI=1S/C5H8O3.C4H6.C3H3N/c1-3-5(7)8-4(2)6;1-3-4-2;1-2-3-4/h3-4,6H,1H2,2H3;3-4H,1-2H2;2H,1H2. The number of esters is 1. The summed E-state index contributed by atoms with van der Waals surface area (Å²) in [6.45, 7) is 14.3. The van der Waals surface area contributed by atoms with Gasteiger partial charge in [-0.05, 0) is 6.92 Å². The second kappa shape index (κ2) is 18.6. The number of hydrogen-bond acceptors (Lipinski definition) is 4. The van der Waals surface area contributed by atoms with Crippen molar-refractivity contribution in [2.75, 3.05) is 0 Å². The lowest BCUT2D eigenvalue weighted by molar-refractivity contribution is -0.158. The first-order chi connectivity index (χ1) is 7.49. The van der Waals surface area contributed by atoms with Gasteiger partial charge in [-0.15, -0.1) is 0 Å². The number of carbonyl (C=O) groups is 1. The predicted octanol–water partition coefficient (Wildman–Crippen LogP) is 2.11. The van der Waals surface area contributed by atoms with Gasteiger partial charge in [0.05, 0.1) is 6.07 Å². The highest BCUT2D eigenvalue weighted by molar-refractivity contribution is 5.81. The fourth-order valence-corrected chi connectivity index (χ4v) is 0.216. The van der Waals surface area contributed by atoms with Gasteiger partial charge in [-0.25, -0.2) is 4.79 Å². The molecule has 0 aliphatic carbocycles. The number of ether oxygens (including phenoxy) is 1. The number of allylic oxidation sites excluding steroid dienone is 3. The summed E-state index contributed by atoms with van der Waals surface area (Å²) in [7, 11) is 0. The van der Waals surface area contributed by atoms with Crippen molar-refractivity contribution in [3.63, 3.8) is 0 Å². The van der Waals surface area contributed by atoms with Crippen LogP contribution in [0, 0.1) is 11.3 Å². The van der Waals surface area contributed by atoms with Crippen LogP contribution in [0.2, 0.25) is 0 Å². The van der Waals surface area contributed by atoms with Crippen LogP contribution in [0.3, 0.4) is 0 Å². The van der Waals surface area contributed by atoms with Crippen LogP contribution in [-0.4, -0.2) is 17.4 Å². The zero-order valence-electron chi connectivity index (χ0n) is 9.43. The van der Waals surface area contributed by atoms with Gasteiger partial charge in [-0.2, -0.15) is 5.26 Å². The second-order valence-electron chi connectivity index (χ2n) is 2.04. The molecule has 0 amide bonds. The number of aliphatic hydroxyl groups excluding tert-OH is 1. The number of rotatable bonds is 3. The SMILES string of the molecule is C=CC#N.C=CC(=O)OC(C)O.C=CC=C. The molecule has 0 rings (SSSR count). The van der Waals surface area contributed by atoms with Gasteiger partial charge in [-0.3, -0.25) is 0 Å². The van der Waals surface area contributed by atoms with Gasteiger partial charge in [-0.1, -0.05) is 38.5 Å². The molecule has 0 bridgehead atoms. The van der Waals surface area contributed by atoms with E-state index in [2.05, 4.69) is 31.1 Å². The molecule has 0 aromatic heterocycles. The Morgan fingerprint density at radius 2 is 1.75 bits per heavy atom. The molecule has 0 aliphatic heterocycles. The molecule has 0 aromatic rings. The summed E-state index contributed by atoms with van der Waals surface area (Å²) in [5, 5.41) is 15.9. The topological polar surface area (TPSA) is 70.3 Å². The molecule has 0 saturated heterocycles. The fourth-order valence-electron chi connectivity index (χ4n) is 0.216. The number of aliphatic hydroxyl groups is 1. The lowest BCUT2D eigenvalue weighted by Gasteiger charge is -2.01. The summed E-state index contributed by atoms with van der Waals surface area (Å²) in [4.78, 5) is 10.1. The normalized spacial score (nSPS) is 8.31. The van der Waals surface area contributed by atoms with Gasteiger partial charge in [0.1, 0.15) is 0 Å². The van der Waals surface area contributed by atoms with Gasteiger partial charge in [0.2, 0.25) is 0 Å². The van der Waals surface area contributed by atoms with Gasteiger partial charge in [0.15, 0.2) is 6.29 Å². The van der Waals surface area contributed by atoms with Crippen molar-refractivity contribution < 1.29 is 14.6 Å². The highest BCUT2D eigenvalue weighted by Crippen LogP contribution is 1.84. The Morgan fingerprint density at radius 1 is 1.38 bits per heavy atom. The third-order valence-electron chi connectivity index (χ3n) is 0.711. The summed E-state index contributed by atoms with van der Waals surface area (Å²) in [6.07, 6.45) is 4.41. The maximum absolute atomic E-state index is 10.1. The Bertz CT molecular complexity index is 256. The molecule has 0 radical (unpaired) electrons. The molecule has 0 aliphatic rings. The third kappa shape index (κ3) is 40.7. The first-order valence-electron chi connectivity index (χ1n) is 4.25. The minimum Gasteiger partial charge on any atom is -0.433 e. The predicted molar refractivity (Wildman–Crippen MR) is 64.2 cm³/mol. The minimum absolute atomic E-state index is 0.611. The van der Waals surface area contributed by atoms with E-state index in [1.807, 2.05) is 0 Å². The van der Waals surface area contributed by atoms with E-state index in [4.69, 9.17) is 10.4 Å². The van der Waals surface area contributed by atoms with Crippen molar-refractivity contribution >= 4 is 5.97 Å². The molecule has 0 aromatic carbocycles. The Balaban J connectivity index is -0.000000179. The third-order valence-corrected chi connectivity index (χ3v) is 0.711. The summed E-state index contributed by atoms with van der Waals surface area (Å²) in [5.74, 6) is -0.611. The highest BCUT2D eigenvalue weighted by atomic mass is 16.6. The largest absolute Gasteiger partial charge is 0.433 e. The van der Waals surface area contributed by atoms with Crippen LogP contribution >= 0.6 is 0 Å². The Hall–Kier alpha value is -2.12. The average Bonchev–Trinajstić information content (AvgIpc) is 2.28. The molecule has 16 heavy (non-hydrogen) atoms. The number of nitrogens with zero attached hydrogens (tertiary/aromatic N) is 1. The van der Waals surface area contributed by atoms with Crippen LogP contribution in [0.1, 0.15) is 6.92 Å². The zero-order chi connectivity index (χ0) is 13.4. The Labute approximate surface area is 96.5 Å². The number of hydrogen-bond donors (Lipinski definition) is 1. The highest BCUT2D eigenvalue weighted by Gasteiger charge is 1.97. The average molecular weight is 223 g/mol. The monoisotopic (exact) mass is 223 g/mol. The quantitative estimate of drug-likeness (QED) is 0.261. The van der Waals surface area contributed by atoms with Gasteiger partial charge in [0.25, 0.3) is 0 Å². The Morgan fingerprint density at radius 3 is 1.81 bits per heavy atom. The summed E-state index contributed by atoms with van der Waals surface area (Å²) in [6, 6.07) is 1.69. The van der Waals surface area contributed by atoms with Crippen LogP contribution < -0.4 is 0 Å². The number of carbonyl (C=O) groups excluding carboxylic acids is 1. The van der Waals surface area contributed by atoms with Crippen molar-refractivity contribution in [3.05, 3.63) is 50.6 Å². The molecule has 0 spiro atoms. The first kappa shape index (κ1) is 19.5. The molecule has 1 unspecified atom stereocenters. The zero-order valence-corrected chi connectivity index (χ0v) is 9.43. The van der Waals surface area contributed by atoms with Crippen molar-refractivity contribution in [1.82, 2.24) is 0 Å². The summed E-state index contributed by atoms with van der Waals surface area (Å²) < 4.78 is 4.20. The molecular weight excluding hydrogens is 206 g/mol. The molecule has 0 heterocycles. The van der Waals surface area contributed by atoms with Crippen LogP contribution in [0.5, 0.6) is 0 Å². The minimum atomic E-state index is -1.04. The van der Waals surface area contributed by atoms with E-state index < -0.39 is 12.3 Å². The van der Waals surface area contributed by atoms with Gasteiger partial charge >= 0.3 is 5.97 Å². The van der Waals surface area contributed by atoms with Crippen LogP contribution in [-0.2, 0) is 9.53 Å². The Kier molecular flexibility index (Phi) is 22.6. The maximum atomic E-state index is 10.1. The summed E-state index contributed by atoms with van der Waals surface area (Å²) >= 11 is 0. The molecule has 1 N–H and O–H groups in total. The molecule has 0 fully saturated rings. The van der Waals surface area contributed by atoms with Crippen LogP contribution in [0.25, 0.3) is 0 Å². The second-order valence-corrected chi connectivity index (χ2v) is 2.04. The van der Waals surface area contributed by atoms with Gasteiger partial charge < -0.3 is 9.84 Å². The maximum Gasteiger partial charge on any atom is 0.332 e. The molecule has 4 nitrogen and oxygen atoms in total. The first-order valence-corrected chi connectivity index (χ1v) is 4.25.